The van der Waals surface area contributed by atoms with Gasteiger partial charge in [0, 0.05) is 36.8 Å². The van der Waals surface area contributed by atoms with Crippen molar-refractivity contribution in [2.24, 2.45) is 5.92 Å². The lowest BCUT2D eigenvalue weighted by Crippen LogP contribution is -2.38. The highest BCUT2D eigenvalue weighted by atomic mass is 16.5. The number of aryl methyl sites for hydroxylation is 2. The quantitative estimate of drug-likeness (QED) is 0.814. The number of hydrogen-bond acceptors (Lipinski definition) is 3. The van der Waals surface area contributed by atoms with E-state index in [-0.39, 0.29) is 11.9 Å². The lowest BCUT2D eigenvalue weighted by molar-refractivity contribution is 0.0774. The molecule has 1 N–H and O–H groups in total. The molecule has 1 amide bonds. The van der Waals surface area contributed by atoms with Gasteiger partial charge in [0.1, 0.15) is 5.65 Å². The molecule has 136 valence electrons. The maximum atomic E-state index is 12.7. The van der Waals surface area contributed by atoms with Gasteiger partial charge in [0.05, 0.1) is 5.56 Å². The highest BCUT2D eigenvalue weighted by molar-refractivity contribution is 6.00. The molecule has 5 heteroatoms. The standard InChI is InChI=1S/C20H29N3O2/c1-4-11-25-13-16-5-7-17(8-6-16)22-20(24)18-9-10-23-15(3)12-14(2)21-19(18)23/h9-10,12,16-17H,4-8,11,13H2,1-3H3,(H,22,24)/t16-,17-. The average molecular weight is 343 g/mol. The van der Waals surface area contributed by atoms with Gasteiger partial charge in [-0.15, -0.1) is 0 Å². The Morgan fingerprint density at radius 3 is 2.80 bits per heavy atom. The zero-order chi connectivity index (χ0) is 17.8. The van der Waals surface area contributed by atoms with E-state index in [9.17, 15) is 4.79 Å². The molecule has 2 heterocycles. The first-order valence-electron chi connectivity index (χ1n) is 9.42. The maximum Gasteiger partial charge on any atom is 0.255 e. The van der Waals surface area contributed by atoms with Crippen LogP contribution in [0.15, 0.2) is 18.3 Å². The lowest BCUT2D eigenvalue weighted by Gasteiger charge is -2.28. The molecular weight excluding hydrogens is 314 g/mol. The molecule has 0 spiro atoms. The third-order valence-corrected chi connectivity index (χ3v) is 5.07. The van der Waals surface area contributed by atoms with Crippen LogP contribution in [-0.4, -0.2) is 34.5 Å². The molecule has 1 saturated carbocycles. The van der Waals surface area contributed by atoms with E-state index in [2.05, 4.69) is 17.2 Å². The van der Waals surface area contributed by atoms with Gasteiger partial charge < -0.3 is 14.5 Å². The fourth-order valence-corrected chi connectivity index (χ4v) is 3.70. The van der Waals surface area contributed by atoms with Crippen molar-refractivity contribution in [3.8, 4) is 0 Å². The Hall–Kier alpha value is -1.88. The van der Waals surface area contributed by atoms with Gasteiger partial charge in [0.2, 0.25) is 0 Å². The number of aromatic nitrogens is 2. The van der Waals surface area contributed by atoms with Crippen molar-refractivity contribution in [2.45, 2.75) is 58.9 Å². The molecule has 1 aliphatic rings. The van der Waals surface area contributed by atoms with Gasteiger partial charge in [-0.25, -0.2) is 4.98 Å². The third-order valence-electron chi connectivity index (χ3n) is 5.07. The summed E-state index contributed by atoms with van der Waals surface area (Å²) in [5.41, 5.74) is 3.44. The van der Waals surface area contributed by atoms with Crippen LogP contribution in [0.4, 0.5) is 0 Å². The van der Waals surface area contributed by atoms with E-state index in [1.54, 1.807) is 0 Å². The van der Waals surface area contributed by atoms with Gasteiger partial charge in [0.15, 0.2) is 0 Å². The Labute approximate surface area is 149 Å². The minimum absolute atomic E-state index is 0.00863. The second-order valence-corrected chi connectivity index (χ2v) is 7.23. The summed E-state index contributed by atoms with van der Waals surface area (Å²) in [6, 6.07) is 4.15. The Bertz CT molecular complexity index is 730. The van der Waals surface area contributed by atoms with Crippen molar-refractivity contribution in [1.29, 1.82) is 0 Å². The second kappa shape index (κ2) is 8.00. The number of carbonyl (C=O) groups excluding carboxylic acids is 1. The predicted octanol–water partition coefficient (Wildman–Crippen LogP) is 3.67. The fraction of sp³-hybridized carbons (Fsp3) is 0.600. The molecule has 0 atom stereocenters. The number of nitrogens with zero attached hydrogens (tertiary/aromatic N) is 2. The summed E-state index contributed by atoms with van der Waals surface area (Å²) in [5, 5.41) is 3.21. The molecular formula is C20H29N3O2. The van der Waals surface area contributed by atoms with E-state index >= 15 is 0 Å². The van der Waals surface area contributed by atoms with Crippen LogP contribution in [0.2, 0.25) is 0 Å². The molecule has 2 aromatic heterocycles. The topological polar surface area (TPSA) is 55.6 Å². The van der Waals surface area contributed by atoms with Gasteiger partial charge in [-0.05, 0) is 64.0 Å². The molecule has 3 rings (SSSR count). The molecule has 0 saturated heterocycles. The Morgan fingerprint density at radius 2 is 2.08 bits per heavy atom. The van der Waals surface area contributed by atoms with Crippen LogP contribution in [0.25, 0.3) is 5.65 Å². The monoisotopic (exact) mass is 343 g/mol. The van der Waals surface area contributed by atoms with E-state index in [1.807, 2.05) is 36.6 Å². The number of nitrogens with one attached hydrogen (secondary N) is 1. The van der Waals surface area contributed by atoms with Crippen LogP contribution in [0, 0.1) is 19.8 Å². The van der Waals surface area contributed by atoms with Gasteiger partial charge in [0.25, 0.3) is 5.91 Å². The van der Waals surface area contributed by atoms with E-state index < -0.39 is 0 Å². The van der Waals surface area contributed by atoms with Crippen molar-refractivity contribution >= 4 is 11.6 Å². The van der Waals surface area contributed by atoms with Gasteiger partial charge in [-0.3, -0.25) is 4.79 Å². The van der Waals surface area contributed by atoms with Crippen LogP contribution in [0.5, 0.6) is 0 Å². The van der Waals surface area contributed by atoms with Crippen LogP contribution in [-0.2, 0) is 4.74 Å². The van der Waals surface area contributed by atoms with Crippen molar-refractivity contribution in [3.63, 3.8) is 0 Å². The van der Waals surface area contributed by atoms with Crippen molar-refractivity contribution in [2.75, 3.05) is 13.2 Å². The Morgan fingerprint density at radius 1 is 1.32 bits per heavy atom. The molecule has 0 radical (unpaired) electrons. The molecule has 0 bridgehead atoms. The zero-order valence-electron chi connectivity index (χ0n) is 15.5. The first-order valence-corrected chi connectivity index (χ1v) is 9.42. The zero-order valence-corrected chi connectivity index (χ0v) is 15.5. The molecule has 2 aromatic rings. The van der Waals surface area contributed by atoms with Crippen molar-refractivity contribution in [3.05, 3.63) is 35.3 Å². The van der Waals surface area contributed by atoms with E-state index in [0.29, 0.717) is 11.5 Å². The van der Waals surface area contributed by atoms with Gasteiger partial charge >= 0.3 is 0 Å². The summed E-state index contributed by atoms with van der Waals surface area (Å²) in [7, 11) is 0. The third kappa shape index (κ3) is 4.21. The Balaban J connectivity index is 1.59. The molecule has 0 aliphatic heterocycles. The summed E-state index contributed by atoms with van der Waals surface area (Å²) >= 11 is 0. The molecule has 0 unspecified atom stereocenters. The highest BCUT2D eigenvalue weighted by Crippen LogP contribution is 2.25. The second-order valence-electron chi connectivity index (χ2n) is 7.23. The normalized spacial score (nSPS) is 20.8. The molecule has 25 heavy (non-hydrogen) atoms. The summed E-state index contributed by atoms with van der Waals surface area (Å²) in [4.78, 5) is 17.3. The first kappa shape index (κ1) is 17.9. The number of ether oxygens (including phenoxy) is 1. The summed E-state index contributed by atoms with van der Waals surface area (Å²) in [6.45, 7) is 7.84. The summed E-state index contributed by atoms with van der Waals surface area (Å²) in [6.07, 6.45) is 7.31. The van der Waals surface area contributed by atoms with Crippen LogP contribution in [0.3, 0.4) is 0 Å². The van der Waals surface area contributed by atoms with Crippen LogP contribution >= 0.6 is 0 Å². The maximum absolute atomic E-state index is 12.7. The Kier molecular flexibility index (Phi) is 5.74. The molecule has 1 aliphatic carbocycles. The largest absolute Gasteiger partial charge is 0.381 e. The highest BCUT2D eigenvalue weighted by Gasteiger charge is 2.24. The minimum atomic E-state index is -0.00863. The number of fused-ring (bicyclic) bond motifs is 1. The minimum Gasteiger partial charge on any atom is -0.381 e. The fourth-order valence-electron chi connectivity index (χ4n) is 3.70. The molecule has 0 aromatic carbocycles. The van der Waals surface area contributed by atoms with Gasteiger partial charge in [-0.2, -0.15) is 0 Å². The summed E-state index contributed by atoms with van der Waals surface area (Å²) in [5.74, 6) is 0.632. The number of carbonyl (C=O) groups is 1. The van der Waals surface area contributed by atoms with Crippen molar-refractivity contribution < 1.29 is 9.53 Å². The molecule has 1 fully saturated rings. The van der Waals surface area contributed by atoms with Crippen molar-refractivity contribution in [1.82, 2.24) is 14.7 Å². The lowest BCUT2D eigenvalue weighted by atomic mass is 9.86. The van der Waals surface area contributed by atoms with E-state index in [4.69, 9.17) is 4.74 Å². The van der Waals surface area contributed by atoms with Crippen LogP contribution < -0.4 is 5.32 Å². The van der Waals surface area contributed by atoms with E-state index in [1.165, 1.54) is 0 Å². The predicted molar refractivity (Wildman–Crippen MR) is 99.0 cm³/mol. The number of rotatable bonds is 6. The first-order chi connectivity index (χ1) is 12.1. The SMILES string of the molecule is CCCOC[C@H]1CC[C@H](NC(=O)c2ccn3c(C)cc(C)nc23)CC1. The van der Waals surface area contributed by atoms with E-state index in [0.717, 1.165) is 62.4 Å². The molecule has 5 nitrogen and oxygen atoms in total. The van der Waals surface area contributed by atoms with Crippen LogP contribution in [0.1, 0.15) is 60.8 Å². The smallest absolute Gasteiger partial charge is 0.255 e. The van der Waals surface area contributed by atoms with Gasteiger partial charge in [-0.1, -0.05) is 6.92 Å². The summed E-state index contributed by atoms with van der Waals surface area (Å²) < 4.78 is 7.65. The average Bonchev–Trinajstić information content (AvgIpc) is 3.01. The number of amides is 1. The number of hydrogen-bond donors (Lipinski definition) is 1.